The highest BCUT2D eigenvalue weighted by molar-refractivity contribution is 9.10. The molecule has 0 aromatic heterocycles. The third-order valence-corrected chi connectivity index (χ3v) is 3.99. The molecule has 0 fully saturated rings. The molecule has 2 nitrogen and oxygen atoms in total. The second-order valence-corrected chi connectivity index (χ2v) is 5.21. The Morgan fingerprint density at radius 3 is 2.53 bits per heavy atom. The molecule has 94 valence electrons. The lowest BCUT2D eigenvalue weighted by Crippen LogP contribution is -2.28. The Labute approximate surface area is 112 Å². The molecule has 0 aliphatic rings. The Kier molecular flexibility index (Phi) is 5.69. The topological polar surface area (TPSA) is 29.1 Å². The van der Waals surface area contributed by atoms with E-state index in [1.54, 1.807) is 0 Å². The van der Waals surface area contributed by atoms with E-state index in [0.717, 1.165) is 29.4 Å². The predicted molar refractivity (Wildman–Crippen MR) is 75.3 cm³/mol. The van der Waals surface area contributed by atoms with E-state index < -0.39 is 0 Å². The van der Waals surface area contributed by atoms with Crippen molar-refractivity contribution >= 4 is 21.8 Å². The molecule has 0 radical (unpaired) electrons. The van der Waals surface area contributed by atoms with Gasteiger partial charge >= 0.3 is 0 Å². The van der Waals surface area contributed by atoms with Crippen molar-refractivity contribution in [1.82, 2.24) is 5.32 Å². The maximum Gasteiger partial charge on any atom is 0.251 e. The van der Waals surface area contributed by atoms with E-state index in [1.165, 1.54) is 0 Å². The summed E-state index contributed by atoms with van der Waals surface area (Å²) in [5, 5.41) is 2.99. The minimum absolute atomic E-state index is 0.0117. The van der Waals surface area contributed by atoms with Gasteiger partial charge in [0.05, 0.1) is 0 Å². The van der Waals surface area contributed by atoms with Gasteiger partial charge in [-0.3, -0.25) is 4.79 Å². The standard InChI is InChI=1S/C14H20BrNO/c1-4-11(5-2)9-16-14(17)12-7-6-10(3)13(15)8-12/h6-8,11H,4-5,9H2,1-3H3,(H,16,17). The van der Waals surface area contributed by atoms with Crippen molar-refractivity contribution in [3.8, 4) is 0 Å². The molecule has 0 saturated heterocycles. The highest BCUT2D eigenvalue weighted by Crippen LogP contribution is 2.17. The Morgan fingerprint density at radius 2 is 2.00 bits per heavy atom. The largest absolute Gasteiger partial charge is 0.352 e. The van der Waals surface area contributed by atoms with Gasteiger partial charge in [-0.05, 0) is 30.5 Å². The molecule has 17 heavy (non-hydrogen) atoms. The first-order chi connectivity index (χ1) is 8.08. The maximum absolute atomic E-state index is 11.9. The Morgan fingerprint density at radius 1 is 1.35 bits per heavy atom. The van der Waals surface area contributed by atoms with E-state index in [-0.39, 0.29) is 5.91 Å². The zero-order valence-electron chi connectivity index (χ0n) is 10.7. The van der Waals surface area contributed by atoms with Crippen LogP contribution in [0.5, 0.6) is 0 Å². The van der Waals surface area contributed by atoms with Gasteiger partial charge in [-0.15, -0.1) is 0 Å². The van der Waals surface area contributed by atoms with Gasteiger partial charge in [-0.1, -0.05) is 48.7 Å². The summed E-state index contributed by atoms with van der Waals surface area (Å²) in [6.45, 7) is 7.08. The average Bonchev–Trinajstić information content (AvgIpc) is 2.33. The summed E-state index contributed by atoms with van der Waals surface area (Å²) >= 11 is 3.44. The quantitative estimate of drug-likeness (QED) is 0.877. The van der Waals surface area contributed by atoms with Crippen molar-refractivity contribution in [2.45, 2.75) is 33.6 Å². The molecular weight excluding hydrogens is 278 g/mol. The second-order valence-electron chi connectivity index (χ2n) is 4.36. The van der Waals surface area contributed by atoms with Crippen molar-refractivity contribution in [1.29, 1.82) is 0 Å². The van der Waals surface area contributed by atoms with Crippen LogP contribution in [0.3, 0.4) is 0 Å². The van der Waals surface area contributed by atoms with Crippen LogP contribution in [0.25, 0.3) is 0 Å². The van der Waals surface area contributed by atoms with Crippen molar-refractivity contribution in [2.24, 2.45) is 5.92 Å². The number of hydrogen-bond acceptors (Lipinski definition) is 1. The van der Waals surface area contributed by atoms with Crippen LogP contribution in [-0.2, 0) is 0 Å². The Bertz CT molecular complexity index is 386. The van der Waals surface area contributed by atoms with Gasteiger partial charge in [0.1, 0.15) is 0 Å². The molecule has 0 aliphatic carbocycles. The zero-order valence-corrected chi connectivity index (χ0v) is 12.3. The first kappa shape index (κ1) is 14.2. The molecule has 1 rings (SSSR count). The number of amides is 1. The first-order valence-corrected chi connectivity index (χ1v) is 6.92. The summed E-state index contributed by atoms with van der Waals surface area (Å²) in [5.41, 5.74) is 1.86. The molecule has 1 aromatic carbocycles. The van der Waals surface area contributed by atoms with E-state index in [1.807, 2.05) is 25.1 Å². The molecule has 0 spiro atoms. The molecule has 1 aromatic rings. The van der Waals surface area contributed by atoms with Crippen LogP contribution in [0, 0.1) is 12.8 Å². The number of carbonyl (C=O) groups excluding carboxylic acids is 1. The van der Waals surface area contributed by atoms with Crippen LogP contribution in [0.4, 0.5) is 0 Å². The SMILES string of the molecule is CCC(CC)CNC(=O)c1ccc(C)c(Br)c1. The van der Waals surface area contributed by atoms with Crippen LogP contribution in [0.15, 0.2) is 22.7 Å². The highest BCUT2D eigenvalue weighted by atomic mass is 79.9. The minimum Gasteiger partial charge on any atom is -0.352 e. The third kappa shape index (κ3) is 4.15. The summed E-state index contributed by atoms with van der Waals surface area (Å²) in [6, 6.07) is 5.69. The molecule has 0 atom stereocenters. The molecule has 0 aliphatic heterocycles. The molecule has 0 unspecified atom stereocenters. The molecule has 0 heterocycles. The van der Waals surface area contributed by atoms with Crippen LogP contribution in [-0.4, -0.2) is 12.5 Å². The number of hydrogen-bond donors (Lipinski definition) is 1. The number of aryl methyl sites for hydroxylation is 1. The van der Waals surface area contributed by atoms with Gasteiger partial charge in [0.25, 0.3) is 5.91 Å². The van der Waals surface area contributed by atoms with Crippen molar-refractivity contribution in [3.63, 3.8) is 0 Å². The lowest BCUT2D eigenvalue weighted by Gasteiger charge is -2.13. The van der Waals surface area contributed by atoms with E-state index in [9.17, 15) is 4.79 Å². The van der Waals surface area contributed by atoms with Crippen LogP contribution >= 0.6 is 15.9 Å². The van der Waals surface area contributed by atoms with Crippen molar-refractivity contribution < 1.29 is 4.79 Å². The molecular formula is C14H20BrNO. The van der Waals surface area contributed by atoms with Gasteiger partial charge < -0.3 is 5.32 Å². The van der Waals surface area contributed by atoms with E-state index in [2.05, 4.69) is 35.1 Å². The number of benzene rings is 1. The predicted octanol–water partition coefficient (Wildman–Crippen LogP) is 3.92. The molecule has 0 bridgehead atoms. The summed E-state index contributed by atoms with van der Waals surface area (Å²) in [4.78, 5) is 11.9. The van der Waals surface area contributed by atoms with E-state index >= 15 is 0 Å². The van der Waals surface area contributed by atoms with Crippen molar-refractivity contribution in [2.75, 3.05) is 6.54 Å². The molecule has 1 N–H and O–H groups in total. The highest BCUT2D eigenvalue weighted by Gasteiger charge is 2.09. The van der Waals surface area contributed by atoms with Gasteiger partial charge in [0.15, 0.2) is 0 Å². The van der Waals surface area contributed by atoms with Gasteiger partial charge in [-0.25, -0.2) is 0 Å². The fourth-order valence-electron chi connectivity index (χ4n) is 1.65. The number of rotatable bonds is 5. The van der Waals surface area contributed by atoms with Crippen LogP contribution in [0.1, 0.15) is 42.6 Å². The molecule has 3 heteroatoms. The summed E-state index contributed by atoms with van der Waals surface area (Å²) in [7, 11) is 0. The number of carbonyl (C=O) groups is 1. The Hall–Kier alpha value is -0.830. The summed E-state index contributed by atoms with van der Waals surface area (Å²) in [6.07, 6.45) is 2.21. The molecule has 0 saturated carbocycles. The normalized spacial score (nSPS) is 10.6. The van der Waals surface area contributed by atoms with E-state index in [0.29, 0.717) is 11.5 Å². The van der Waals surface area contributed by atoms with Gasteiger partial charge in [0, 0.05) is 16.6 Å². The third-order valence-electron chi connectivity index (χ3n) is 3.14. The van der Waals surface area contributed by atoms with Gasteiger partial charge in [0.2, 0.25) is 0 Å². The first-order valence-electron chi connectivity index (χ1n) is 6.12. The fourth-order valence-corrected chi connectivity index (χ4v) is 2.03. The monoisotopic (exact) mass is 297 g/mol. The zero-order chi connectivity index (χ0) is 12.8. The second kappa shape index (κ2) is 6.80. The average molecular weight is 298 g/mol. The van der Waals surface area contributed by atoms with Crippen LogP contribution < -0.4 is 5.32 Å². The minimum atomic E-state index is 0.0117. The molecule has 1 amide bonds. The Balaban J connectivity index is 2.61. The summed E-state index contributed by atoms with van der Waals surface area (Å²) in [5.74, 6) is 0.588. The van der Waals surface area contributed by atoms with E-state index in [4.69, 9.17) is 0 Å². The lowest BCUT2D eigenvalue weighted by molar-refractivity contribution is 0.0946. The lowest BCUT2D eigenvalue weighted by atomic mass is 10.0. The van der Waals surface area contributed by atoms with Gasteiger partial charge in [-0.2, -0.15) is 0 Å². The van der Waals surface area contributed by atoms with Crippen molar-refractivity contribution in [3.05, 3.63) is 33.8 Å². The number of halogens is 1. The fraction of sp³-hybridized carbons (Fsp3) is 0.500. The summed E-state index contributed by atoms with van der Waals surface area (Å²) < 4.78 is 0.979. The van der Waals surface area contributed by atoms with Crippen LogP contribution in [0.2, 0.25) is 0 Å². The maximum atomic E-state index is 11.9. The number of nitrogens with one attached hydrogen (secondary N) is 1. The smallest absolute Gasteiger partial charge is 0.251 e.